The summed E-state index contributed by atoms with van der Waals surface area (Å²) in [5, 5.41) is 9.57. The van der Waals surface area contributed by atoms with E-state index in [1.807, 2.05) is 19.9 Å². The van der Waals surface area contributed by atoms with Crippen molar-refractivity contribution in [2.45, 2.75) is 26.3 Å². The highest BCUT2D eigenvalue weighted by Gasteiger charge is 2.21. The monoisotopic (exact) mass is 285 g/mol. The minimum atomic E-state index is -0.816. The minimum absolute atomic E-state index is 0.0599. The fraction of sp³-hybridized carbons (Fsp3) is 0.500. The van der Waals surface area contributed by atoms with Crippen molar-refractivity contribution >= 4 is 17.6 Å². The van der Waals surface area contributed by atoms with E-state index in [2.05, 4.69) is 4.90 Å². The van der Waals surface area contributed by atoms with Crippen LogP contribution < -0.4 is 4.74 Å². The van der Waals surface area contributed by atoms with Crippen molar-refractivity contribution in [1.29, 1.82) is 0 Å². The second-order valence-corrected chi connectivity index (χ2v) is 4.64. The molecule has 0 bridgehead atoms. The van der Waals surface area contributed by atoms with Gasteiger partial charge in [-0.15, -0.1) is 0 Å². The van der Waals surface area contributed by atoms with Gasteiger partial charge >= 0.3 is 5.97 Å². The van der Waals surface area contributed by atoms with E-state index in [9.17, 15) is 4.79 Å². The Hall–Kier alpha value is -1.26. The summed E-state index contributed by atoms with van der Waals surface area (Å²) in [6, 6.07) is 5.26. The first-order chi connectivity index (χ1) is 9.03. The molecule has 0 aliphatic carbocycles. The van der Waals surface area contributed by atoms with Gasteiger partial charge in [0.25, 0.3) is 0 Å². The standard InChI is InChI=1S/C14H20ClNO3/c1-4-16(5-2)12(9-14(17)18)10-6-7-13(19-3)11(15)8-10/h6-8,12H,4-5,9H2,1-3H3,(H,17,18). The number of aliphatic carboxylic acids is 1. The molecule has 106 valence electrons. The maximum atomic E-state index is 11.0. The van der Waals surface area contributed by atoms with Gasteiger partial charge in [0.05, 0.1) is 18.6 Å². The molecule has 4 nitrogen and oxygen atoms in total. The van der Waals surface area contributed by atoms with Gasteiger partial charge in [-0.05, 0) is 30.8 Å². The van der Waals surface area contributed by atoms with Crippen LogP contribution in [0.15, 0.2) is 18.2 Å². The number of carboxylic acid groups (broad SMARTS) is 1. The third kappa shape index (κ3) is 4.11. The fourth-order valence-electron chi connectivity index (χ4n) is 2.18. The molecule has 1 aromatic carbocycles. The zero-order valence-electron chi connectivity index (χ0n) is 11.5. The van der Waals surface area contributed by atoms with E-state index in [0.717, 1.165) is 18.7 Å². The molecule has 1 rings (SSSR count). The highest BCUT2D eigenvalue weighted by Crippen LogP contribution is 2.31. The largest absolute Gasteiger partial charge is 0.495 e. The van der Waals surface area contributed by atoms with Gasteiger partial charge in [-0.2, -0.15) is 0 Å². The van der Waals surface area contributed by atoms with Crippen molar-refractivity contribution in [2.75, 3.05) is 20.2 Å². The summed E-state index contributed by atoms with van der Waals surface area (Å²) in [6.07, 6.45) is 0.0599. The van der Waals surface area contributed by atoms with Crippen LogP contribution in [-0.2, 0) is 4.79 Å². The maximum Gasteiger partial charge on any atom is 0.305 e. The van der Waals surface area contributed by atoms with Gasteiger partial charge in [0.2, 0.25) is 0 Å². The van der Waals surface area contributed by atoms with Gasteiger partial charge in [0.1, 0.15) is 5.75 Å². The van der Waals surface area contributed by atoms with Crippen LogP contribution in [-0.4, -0.2) is 36.2 Å². The summed E-state index contributed by atoms with van der Waals surface area (Å²) in [4.78, 5) is 13.1. The predicted molar refractivity (Wildman–Crippen MR) is 75.9 cm³/mol. The number of carboxylic acids is 1. The van der Waals surface area contributed by atoms with Crippen LogP contribution in [0.5, 0.6) is 5.75 Å². The second kappa shape index (κ2) is 7.36. The van der Waals surface area contributed by atoms with Crippen LogP contribution >= 0.6 is 11.6 Å². The second-order valence-electron chi connectivity index (χ2n) is 4.23. The van der Waals surface area contributed by atoms with Gasteiger partial charge in [-0.1, -0.05) is 31.5 Å². The van der Waals surface area contributed by atoms with Crippen LogP contribution in [0.25, 0.3) is 0 Å². The average molecular weight is 286 g/mol. The van der Waals surface area contributed by atoms with Gasteiger partial charge in [-0.3, -0.25) is 9.69 Å². The third-order valence-electron chi connectivity index (χ3n) is 3.18. The molecule has 0 saturated carbocycles. The van der Waals surface area contributed by atoms with Crippen LogP contribution in [0.1, 0.15) is 31.9 Å². The van der Waals surface area contributed by atoms with E-state index >= 15 is 0 Å². The van der Waals surface area contributed by atoms with Crippen LogP contribution in [0, 0.1) is 0 Å². The van der Waals surface area contributed by atoms with Crippen molar-refractivity contribution in [3.05, 3.63) is 28.8 Å². The summed E-state index contributed by atoms with van der Waals surface area (Å²) in [6.45, 7) is 5.61. The molecule has 0 aliphatic rings. The summed E-state index contributed by atoms with van der Waals surface area (Å²) < 4.78 is 5.11. The first-order valence-corrected chi connectivity index (χ1v) is 6.70. The Bertz CT molecular complexity index is 433. The van der Waals surface area contributed by atoms with Crippen LogP contribution in [0.2, 0.25) is 5.02 Å². The van der Waals surface area contributed by atoms with E-state index in [1.54, 1.807) is 19.2 Å². The molecule has 19 heavy (non-hydrogen) atoms. The Morgan fingerprint density at radius 3 is 2.47 bits per heavy atom. The van der Waals surface area contributed by atoms with Gasteiger partial charge in [-0.25, -0.2) is 0 Å². The molecular weight excluding hydrogens is 266 g/mol. The van der Waals surface area contributed by atoms with Crippen LogP contribution in [0.3, 0.4) is 0 Å². The fourth-order valence-corrected chi connectivity index (χ4v) is 2.44. The molecule has 0 aliphatic heterocycles. The van der Waals surface area contributed by atoms with E-state index < -0.39 is 5.97 Å². The lowest BCUT2D eigenvalue weighted by molar-refractivity contribution is -0.138. The zero-order chi connectivity index (χ0) is 14.4. The molecule has 0 heterocycles. The average Bonchev–Trinajstić information content (AvgIpc) is 2.38. The first kappa shape index (κ1) is 15.8. The number of benzene rings is 1. The van der Waals surface area contributed by atoms with E-state index in [1.165, 1.54) is 0 Å². The smallest absolute Gasteiger partial charge is 0.305 e. The molecule has 5 heteroatoms. The van der Waals surface area contributed by atoms with Crippen LogP contribution in [0.4, 0.5) is 0 Å². The summed E-state index contributed by atoms with van der Waals surface area (Å²) in [5.74, 6) is -0.220. The summed E-state index contributed by atoms with van der Waals surface area (Å²) in [7, 11) is 1.56. The molecule has 0 radical (unpaired) electrons. The van der Waals surface area contributed by atoms with E-state index in [-0.39, 0.29) is 12.5 Å². The highest BCUT2D eigenvalue weighted by atomic mass is 35.5. The Morgan fingerprint density at radius 1 is 1.42 bits per heavy atom. The Labute approximate surface area is 118 Å². The summed E-state index contributed by atoms with van der Waals surface area (Å²) >= 11 is 6.11. The number of rotatable bonds is 7. The topological polar surface area (TPSA) is 49.8 Å². The zero-order valence-corrected chi connectivity index (χ0v) is 12.3. The number of methoxy groups -OCH3 is 1. The van der Waals surface area contributed by atoms with Gasteiger partial charge in [0.15, 0.2) is 0 Å². The van der Waals surface area contributed by atoms with Crippen molar-refractivity contribution in [1.82, 2.24) is 4.90 Å². The van der Waals surface area contributed by atoms with Gasteiger partial charge in [0, 0.05) is 6.04 Å². The normalized spacial score (nSPS) is 12.5. The van der Waals surface area contributed by atoms with Crippen molar-refractivity contribution in [2.24, 2.45) is 0 Å². The Morgan fingerprint density at radius 2 is 2.05 bits per heavy atom. The van der Waals surface area contributed by atoms with Crippen molar-refractivity contribution in [3.63, 3.8) is 0 Å². The van der Waals surface area contributed by atoms with E-state index in [4.69, 9.17) is 21.4 Å². The Kier molecular flexibility index (Phi) is 6.12. The van der Waals surface area contributed by atoms with Crippen molar-refractivity contribution in [3.8, 4) is 5.75 Å². The number of hydrogen-bond donors (Lipinski definition) is 1. The molecule has 0 fully saturated rings. The molecule has 0 aromatic heterocycles. The quantitative estimate of drug-likeness (QED) is 0.836. The number of hydrogen-bond acceptors (Lipinski definition) is 3. The third-order valence-corrected chi connectivity index (χ3v) is 3.48. The van der Waals surface area contributed by atoms with Gasteiger partial charge < -0.3 is 9.84 Å². The first-order valence-electron chi connectivity index (χ1n) is 6.32. The number of ether oxygens (including phenoxy) is 1. The predicted octanol–water partition coefficient (Wildman–Crippen LogP) is 3.21. The molecule has 0 saturated heterocycles. The molecule has 1 N–H and O–H groups in total. The molecule has 1 aromatic rings. The highest BCUT2D eigenvalue weighted by molar-refractivity contribution is 6.32. The molecule has 0 amide bonds. The molecule has 1 unspecified atom stereocenters. The number of halogens is 1. The lowest BCUT2D eigenvalue weighted by Crippen LogP contribution is -2.30. The lowest BCUT2D eigenvalue weighted by atomic mass is 10.0. The molecule has 0 spiro atoms. The Balaban J connectivity index is 3.09. The number of nitrogens with zero attached hydrogens (tertiary/aromatic N) is 1. The molecular formula is C14H20ClNO3. The lowest BCUT2D eigenvalue weighted by Gasteiger charge is -2.29. The SMILES string of the molecule is CCN(CC)C(CC(=O)O)c1ccc(OC)c(Cl)c1. The van der Waals surface area contributed by atoms with E-state index in [0.29, 0.717) is 10.8 Å². The summed E-state index contributed by atoms with van der Waals surface area (Å²) in [5.41, 5.74) is 0.900. The maximum absolute atomic E-state index is 11.0. The van der Waals surface area contributed by atoms with Crippen molar-refractivity contribution < 1.29 is 14.6 Å². The number of carbonyl (C=O) groups is 1. The minimum Gasteiger partial charge on any atom is -0.495 e. The molecule has 1 atom stereocenters.